The predicted molar refractivity (Wildman–Crippen MR) is 84.7 cm³/mol. The number of carbonyl (C=O) groups excluding carboxylic acids is 1. The molecule has 1 aliphatic heterocycles. The SMILES string of the molecule is CC.O=[C-]C(c1ccccc1)N1CCc2sccc2C1.[Y]. The average Bonchev–Trinajstić information content (AvgIpc) is 2.99. The quantitative estimate of drug-likeness (QED) is 0.757. The van der Waals surface area contributed by atoms with E-state index in [1.54, 1.807) is 0 Å². The Bertz CT molecular complexity index is 541. The molecular weight excluding hydrogens is 355 g/mol. The minimum atomic E-state index is -0.237. The monoisotopic (exact) mass is 375 g/mol. The molecule has 4 heteroatoms. The van der Waals surface area contributed by atoms with Crippen LogP contribution in [0.5, 0.6) is 0 Å². The van der Waals surface area contributed by atoms with Crippen molar-refractivity contribution in [3.63, 3.8) is 0 Å². The summed E-state index contributed by atoms with van der Waals surface area (Å²) < 4.78 is 0. The topological polar surface area (TPSA) is 20.3 Å². The summed E-state index contributed by atoms with van der Waals surface area (Å²) in [5, 5.41) is 2.14. The molecule has 21 heavy (non-hydrogen) atoms. The summed E-state index contributed by atoms with van der Waals surface area (Å²) in [6.07, 6.45) is 3.23. The van der Waals surface area contributed by atoms with Crippen molar-refractivity contribution in [3.05, 3.63) is 57.8 Å². The third kappa shape index (κ3) is 4.56. The van der Waals surface area contributed by atoms with Crippen LogP contribution in [-0.4, -0.2) is 17.7 Å². The molecule has 3 rings (SSSR count). The van der Waals surface area contributed by atoms with Crippen molar-refractivity contribution in [1.29, 1.82) is 0 Å². The van der Waals surface area contributed by atoms with E-state index in [0.717, 1.165) is 25.1 Å². The average molecular weight is 375 g/mol. The largest absolute Gasteiger partial charge is 0.540 e. The van der Waals surface area contributed by atoms with Crippen LogP contribution in [0.4, 0.5) is 0 Å². The van der Waals surface area contributed by atoms with Crippen LogP contribution in [0.1, 0.15) is 35.9 Å². The van der Waals surface area contributed by atoms with Gasteiger partial charge in [0.05, 0.1) is 0 Å². The smallest absolute Gasteiger partial charge is 0.0225 e. The first-order valence-corrected chi connectivity index (χ1v) is 7.98. The first kappa shape index (κ1) is 18.7. The molecule has 0 bridgehead atoms. The molecule has 2 heterocycles. The van der Waals surface area contributed by atoms with Crippen molar-refractivity contribution in [1.82, 2.24) is 4.90 Å². The minimum absolute atomic E-state index is 0. The van der Waals surface area contributed by atoms with Crippen LogP contribution in [0, 0.1) is 0 Å². The molecule has 1 aromatic heterocycles. The second-order valence-corrected chi connectivity index (χ2v) is 5.52. The Morgan fingerprint density at radius 3 is 2.57 bits per heavy atom. The summed E-state index contributed by atoms with van der Waals surface area (Å²) in [5.74, 6) is 0. The Kier molecular flexibility index (Phi) is 8.57. The molecule has 0 spiro atoms. The number of thiophene rings is 1. The number of fused-ring (bicyclic) bond motifs is 1. The van der Waals surface area contributed by atoms with Crippen LogP contribution in [-0.2, 0) is 50.5 Å². The second-order valence-electron chi connectivity index (χ2n) is 4.52. The molecule has 0 saturated carbocycles. The van der Waals surface area contributed by atoms with Crippen molar-refractivity contribution in [2.75, 3.05) is 6.54 Å². The molecule has 0 amide bonds. The summed E-state index contributed by atoms with van der Waals surface area (Å²) in [5.41, 5.74) is 2.40. The fourth-order valence-electron chi connectivity index (χ4n) is 2.48. The van der Waals surface area contributed by atoms with E-state index in [4.69, 9.17) is 0 Å². The fraction of sp³-hybridized carbons (Fsp3) is 0.353. The molecule has 1 aromatic carbocycles. The minimum Gasteiger partial charge on any atom is -0.540 e. The van der Waals surface area contributed by atoms with Crippen LogP contribution in [0.15, 0.2) is 41.8 Å². The van der Waals surface area contributed by atoms with Gasteiger partial charge in [0.15, 0.2) is 0 Å². The number of benzene rings is 1. The van der Waals surface area contributed by atoms with Gasteiger partial charge in [-0.05, 0) is 23.4 Å². The molecule has 0 fully saturated rings. The summed E-state index contributed by atoms with van der Waals surface area (Å²) in [7, 11) is 0. The third-order valence-corrected chi connectivity index (χ3v) is 4.45. The van der Waals surface area contributed by atoms with Crippen molar-refractivity contribution in [3.8, 4) is 0 Å². The maximum absolute atomic E-state index is 11.3. The fourth-order valence-corrected chi connectivity index (χ4v) is 3.37. The Balaban J connectivity index is 0.000000706. The van der Waals surface area contributed by atoms with Crippen LogP contribution < -0.4 is 0 Å². The number of nitrogens with zero attached hydrogens (tertiary/aromatic N) is 1. The molecule has 109 valence electrons. The molecule has 1 radical (unpaired) electrons. The maximum atomic E-state index is 11.3. The van der Waals surface area contributed by atoms with Gasteiger partial charge in [0.1, 0.15) is 0 Å². The van der Waals surface area contributed by atoms with Gasteiger partial charge in [-0.15, -0.1) is 11.3 Å². The first-order chi connectivity index (χ1) is 9.88. The third-order valence-electron chi connectivity index (χ3n) is 3.43. The molecule has 1 aliphatic rings. The molecule has 2 nitrogen and oxygen atoms in total. The van der Waals surface area contributed by atoms with Crippen molar-refractivity contribution in [2.24, 2.45) is 0 Å². The van der Waals surface area contributed by atoms with E-state index in [1.807, 2.05) is 55.5 Å². The maximum Gasteiger partial charge on any atom is 0.0225 e. The van der Waals surface area contributed by atoms with Crippen molar-refractivity contribution in [2.45, 2.75) is 32.9 Å². The van der Waals surface area contributed by atoms with Gasteiger partial charge in [-0.2, -0.15) is 0 Å². The van der Waals surface area contributed by atoms with Crippen LogP contribution in [0.2, 0.25) is 0 Å². The van der Waals surface area contributed by atoms with Gasteiger partial charge >= 0.3 is 0 Å². The van der Waals surface area contributed by atoms with Crippen LogP contribution in [0.3, 0.4) is 0 Å². The molecule has 1 unspecified atom stereocenters. The standard InChI is InChI=1S/C15H14NOS.C2H6.Y/c17-11-14(12-4-2-1-3-5-12)16-8-6-15-13(10-16)7-9-18-15;1-2;/h1-5,7,9,14H,6,8,10H2;1-2H3;/q-1;;. The van der Waals surface area contributed by atoms with E-state index in [2.05, 4.69) is 22.6 Å². The second kappa shape index (κ2) is 9.63. The van der Waals surface area contributed by atoms with Crippen LogP contribution in [0.25, 0.3) is 0 Å². The van der Waals surface area contributed by atoms with Crippen molar-refractivity contribution < 1.29 is 37.5 Å². The zero-order valence-corrected chi connectivity index (χ0v) is 16.2. The van der Waals surface area contributed by atoms with Crippen LogP contribution >= 0.6 is 11.3 Å². The van der Waals surface area contributed by atoms with Gasteiger partial charge in [0, 0.05) is 50.7 Å². The van der Waals surface area contributed by atoms with Crippen molar-refractivity contribution >= 4 is 17.6 Å². The van der Waals surface area contributed by atoms with Gasteiger partial charge in [-0.1, -0.05) is 55.8 Å². The Morgan fingerprint density at radius 2 is 1.90 bits per heavy atom. The van der Waals surface area contributed by atoms with E-state index >= 15 is 0 Å². The number of hydrogen-bond acceptors (Lipinski definition) is 3. The molecular formula is C17H20NOSY-. The summed E-state index contributed by atoms with van der Waals surface area (Å²) >= 11 is 1.82. The Hall–Kier alpha value is -0.346. The van der Waals surface area contributed by atoms with Gasteiger partial charge in [-0.25, -0.2) is 6.29 Å². The van der Waals surface area contributed by atoms with E-state index in [-0.39, 0.29) is 38.8 Å². The van der Waals surface area contributed by atoms with Gasteiger partial charge in [0.2, 0.25) is 0 Å². The Morgan fingerprint density at radius 1 is 1.19 bits per heavy atom. The Labute approximate surface area is 156 Å². The summed E-state index contributed by atoms with van der Waals surface area (Å²) in [4.78, 5) is 15.0. The molecule has 0 aliphatic carbocycles. The van der Waals surface area contributed by atoms with E-state index in [0.29, 0.717) is 0 Å². The zero-order chi connectivity index (χ0) is 14.4. The molecule has 1 atom stereocenters. The van der Waals surface area contributed by atoms with E-state index in [1.165, 1.54) is 10.4 Å². The number of hydrogen-bond donors (Lipinski definition) is 0. The predicted octanol–water partition coefficient (Wildman–Crippen LogP) is 3.98. The van der Waals surface area contributed by atoms with Gasteiger partial charge < -0.3 is 9.69 Å². The van der Waals surface area contributed by atoms with Gasteiger partial charge in [-0.3, -0.25) is 0 Å². The summed E-state index contributed by atoms with van der Waals surface area (Å²) in [6.45, 7) is 5.79. The first-order valence-electron chi connectivity index (χ1n) is 7.10. The van der Waals surface area contributed by atoms with E-state index < -0.39 is 0 Å². The number of rotatable bonds is 3. The van der Waals surface area contributed by atoms with E-state index in [9.17, 15) is 4.79 Å². The molecule has 0 saturated heterocycles. The molecule has 0 N–H and O–H groups in total. The van der Waals surface area contributed by atoms with Gasteiger partial charge in [0.25, 0.3) is 0 Å². The molecule has 2 aromatic rings. The summed E-state index contributed by atoms with van der Waals surface area (Å²) in [6, 6.07) is 11.8. The zero-order valence-electron chi connectivity index (χ0n) is 12.6. The normalized spacial score (nSPS) is 15.0.